The number of carbonyl (C=O) groups excluding carboxylic acids is 2. The van der Waals surface area contributed by atoms with E-state index >= 15 is 0 Å². The average Bonchev–Trinajstić information content (AvgIpc) is 3.03. The number of nitrogens with zero attached hydrogens (tertiary/aromatic N) is 1. The summed E-state index contributed by atoms with van der Waals surface area (Å²) in [5.74, 6) is 0.309. The summed E-state index contributed by atoms with van der Waals surface area (Å²) in [5, 5.41) is 0. The lowest BCUT2D eigenvalue weighted by Crippen LogP contribution is -2.48. The number of nitrogens with one attached hydrogen (secondary N) is 2. The molecule has 0 radical (unpaired) electrons. The molecular formula is C21H25N3O6S. The highest BCUT2D eigenvalue weighted by Gasteiger charge is 2.38. The van der Waals surface area contributed by atoms with Crippen molar-refractivity contribution in [1.82, 2.24) is 15.2 Å². The molecule has 0 aromatic heterocycles. The second-order valence-corrected chi connectivity index (χ2v) is 8.82. The zero-order valence-corrected chi connectivity index (χ0v) is 18.4. The van der Waals surface area contributed by atoms with Gasteiger partial charge in [-0.1, -0.05) is 23.8 Å². The Hall–Kier alpha value is -2.95. The molecule has 2 aromatic rings. The normalized spacial score (nSPS) is 16.6. The molecule has 1 saturated heterocycles. The summed E-state index contributed by atoms with van der Waals surface area (Å²) in [6.07, 6.45) is 0.306. The van der Waals surface area contributed by atoms with Crippen molar-refractivity contribution >= 4 is 21.8 Å². The molecule has 2 aromatic carbocycles. The van der Waals surface area contributed by atoms with Gasteiger partial charge >= 0.3 is 0 Å². The first-order chi connectivity index (χ1) is 14.7. The third-order valence-corrected chi connectivity index (χ3v) is 6.29. The molecule has 9 nitrogen and oxygen atoms in total. The topological polar surface area (TPSA) is 114 Å². The number of ether oxygens (including phenoxy) is 2. The first-order valence-corrected chi connectivity index (χ1v) is 11.1. The summed E-state index contributed by atoms with van der Waals surface area (Å²) < 4.78 is 35.2. The fraction of sp³-hybridized carbons (Fsp3) is 0.333. The number of benzene rings is 2. The fourth-order valence-corrected chi connectivity index (χ4v) is 4.14. The van der Waals surface area contributed by atoms with E-state index < -0.39 is 22.0 Å². The van der Waals surface area contributed by atoms with E-state index in [1.165, 1.54) is 19.2 Å². The Balaban J connectivity index is 1.60. The molecule has 3 rings (SSSR count). The Kier molecular flexibility index (Phi) is 6.94. The molecule has 0 saturated carbocycles. The highest BCUT2D eigenvalue weighted by Crippen LogP contribution is 2.28. The van der Waals surface area contributed by atoms with E-state index in [2.05, 4.69) is 10.3 Å². The minimum absolute atomic E-state index is 0.0627. The van der Waals surface area contributed by atoms with Crippen LogP contribution in [0.4, 0.5) is 0 Å². The number of hydrazine groups is 1. The Morgan fingerprint density at radius 3 is 2.35 bits per heavy atom. The highest BCUT2D eigenvalue weighted by molar-refractivity contribution is 7.89. The van der Waals surface area contributed by atoms with Gasteiger partial charge in [-0.25, -0.2) is 13.8 Å². The predicted octanol–water partition coefficient (Wildman–Crippen LogP) is 1.17. The fourth-order valence-electron chi connectivity index (χ4n) is 3.23. The molecule has 1 heterocycles. The van der Waals surface area contributed by atoms with Gasteiger partial charge in [0.15, 0.2) is 11.5 Å². The zero-order valence-electron chi connectivity index (χ0n) is 17.5. The Bertz CT molecular complexity index is 1070. The van der Waals surface area contributed by atoms with Crippen molar-refractivity contribution in [2.75, 3.05) is 20.8 Å². The predicted molar refractivity (Wildman–Crippen MR) is 113 cm³/mol. The van der Waals surface area contributed by atoms with Crippen molar-refractivity contribution in [2.45, 2.75) is 30.7 Å². The molecule has 1 aliphatic heterocycles. The third kappa shape index (κ3) is 5.22. The molecule has 2 amide bonds. The van der Waals surface area contributed by atoms with Crippen molar-refractivity contribution in [3.05, 3.63) is 53.6 Å². The summed E-state index contributed by atoms with van der Waals surface area (Å²) in [6, 6.07) is 10.7. The monoisotopic (exact) mass is 447 g/mol. The van der Waals surface area contributed by atoms with Gasteiger partial charge in [-0.3, -0.25) is 14.5 Å². The summed E-state index contributed by atoms with van der Waals surface area (Å²) in [4.78, 5) is 28.3. The van der Waals surface area contributed by atoms with Gasteiger partial charge in [-0.15, -0.1) is 4.83 Å². The lowest BCUT2D eigenvalue weighted by molar-refractivity contribution is -0.138. The van der Waals surface area contributed by atoms with E-state index in [9.17, 15) is 18.0 Å². The van der Waals surface area contributed by atoms with Gasteiger partial charge in [-0.05, 0) is 43.2 Å². The van der Waals surface area contributed by atoms with Crippen molar-refractivity contribution in [3.8, 4) is 11.5 Å². The molecule has 0 bridgehead atoms. The van der Waals surface area contributed by atoms with Crippen LogP contribution < -0.4 is 19.7 Å². The largest absolute Gasteiger partial charge is 0.493 e. The van der Waals surface area contributed by atoms with E-state index in [0.717, 1.165) is 16.0 Å². The van der Waals surface area contributed by atoms with Crippen molar-refractivity contribution in [2.24, 2.45) is 0 Å². The first kappa shape index (κ1) is 22.7. The van der Waals surface area contributed by atoms with Gasteiger partial charge < -0.3 is 9.47 Å². The number of hydrogen-bond acceptors (Lipinski definition) is 7. The number of methoxy groups -OCH3 is 2. The molecule has 0 aliphatic carbocycles. The van der Waals surface area contributed by atoms with Crippen molar-refractivity contribution in [1.29, 1.82) is 0 Å². The van der Waals surface area contributed by atoms with Crippen LogP contribution in [-0.2, 0) is 26.0 Å². The van der Waals surface area contributed by atoms with Crippen LogP contribution in [0.3, 0.4) is 0 Å². The number of aryl methyl sites for hydroxylation is 1. The SMILES string of the molecule is COc1ccc(CCN2C(=O)C[C@H](NNS(=O)(=O)c3ccc(C)cc3)C2=O)cc1OC. The van der Waals surface area contributed by atoms with Crippen LogP contribution in [0.1, 0.15) is 17.5 Å². The van der Waals surface area contributed by atoms with Gasteiger partial charge in [0.1, 0.15) is 6.04 Å². The van der Waals surface area contributed by atoms with Crippen LogP contribution in [0.15, 0.2) is 47.4 Å². The van der Waals surface area contributed by atoms with E-state index in [0.29, 0.717) is 17.9 Å². The molecule has 1 fully saturated rings. The number of sulfonamides is 1. The molecule has 1 atom stereocenters. The first-order valence-electron chi connectivity index (χ1n) is 9.64. The minimum Gasteiger partial charge on any atom is -0.493 e. The molecule has 1 aliphatic rings. The number of likely N-dealkylation sites (tertiary alicyclic amines) is 1. The maximum atomic E-state index is 12.6. The number of carbonyl (C=O) groups is 2. The zero-order chi connectivity index (χ0) is 22.6. The number of rotatable bonds is 9. The highest BCUT2D eigenvalue weighted by atomic mass is 32.2. The summed E-state index contributed by atoms with van der Waals surface area (Å²) in [7, 11) is -0.790. The Morgan fingerprint density at radius 1 is 1.03 bits per heavy atom. The Morgan fingerprint density at radius 2 is 1.71 bits per heavy atom. The molecular weight excluding hydrogens is 422 g/mol. The third-order valence-electron chi connectivity index (χ3n) is 5.01. The second-order valence-electron chi connectivity index (χ2n) is 7.14. The van der Waals surface area contributed by atoms with E-state index in [-0.39, 0.29) is 23.8 Å². The van der Waals surface area contributed by atoms with Crippen LogP contribution in [0.2, 0.25) is 0 Å². The van der Waals surface area contributed by atoms with E-state index in [4.69, 9.17) is 9.47 Å². The lowest BCUT2D eigenvalue weighted by Gasteiger charge is -2.16. The standard InChI is InChI=1S/C21H25N3O6S/c1-14-4-7-16(8-5-14)31(27,28)23-22-17-13-20(25)24(21(17)26)11-10-15-6-9-18(29-2)19(12-15)30-3/h4-9,12,17,22-23H,10-11,13H2,1-3H3/t17-/m0/s1. The maximum Gasteiger partial charge on any atom is 0.253 e. The van der Waals surface area contributed by atoms with Gasteiger partial charge in [0, 0.05) is 6.54 Å². The summed E-state index contributed by atoms with van der Waals surface area (Å²) in [6.45, 7) is 2.03. The summed E-state index contributed by atoms with van der Waals surface area (Å²) in [5.41, 5.74) is 4.28. The van der Waals surface area contributed by atoms with Gasteiger partial charge in [-0.2, -0.15) is 0 Å². The second kappa shape index (κ2) is 9.46. The van der Waals surface area contributed by atoms with Crippen molar-refractivity contribution in [3.63, 3.8) is 0 Å². The lowest BCUT2D eigenvalue weighted by atomic mass is 10.1. The van der Waals surface area contributed by atoms with Crippen LogP contribution in [0, 0.1) is 6.92 Å². The van der Waals surface area contributed by atoms with Gasteiger partial charge in [0.2, 0.25) is 11.8 Å². The van der Waals surface area contributed by atoms with E-state index in [1.807, 2.05) is 13.0 Å². The maximum absolute atomic E-state index is 12.6. The quantitative estimate of drug-likeness (QED) is 0.438. The average molecular weight is 448 g/mol. The van der Waals surface area contributed by atoms with Crippen LogP contribution in [-0.4, -0.2) is 51.9 Å². The molecule has 31 heavy (non-hydrogen) atoms. The number of amides is 2. The van der Waals surface area contributed by atoms with Gasteiger partial charge in [0.25, 0.3) is 10.0 Å². The van der Waals surface area contributed by atoms with Crippen LogP contribution in [0.5, 0.6) is 11.5 Å². The van der Waals surface area contributed by atoms with Crippen LogP contribution in [0.25, 0.3) is 0 Å². The van der Waals surface area contributed by atoms with Crippen molar-refractivity contribution < 1.29 is 27.5 Å². The molecule has 0 spiro atoms. The molecule has 10 heteroatoms. The Labute approximate surface area is 181 Å². The number of imide groups is 1. The smallest absolute Gasteiger partial charge is 0.253 e. The minimum atomic E-state index is -3.86. The number of hydrogen-bond donors (Lipinski definition) is 2. The molecule has 2 N–H and O–H groups in total. The molecule has 166 valence electrons. The van der Waals surface area contributed by atoms with Gasteiger partial charge in [0.05, 0.1) is 25.5 Å². The summed E-state index contributed by atoms with van der Waals surface area (Å²) >= 11 is 0. The molecule has 0 unspecified atom stereocenters. The van der Waals surface area contributed by atoms with Crippen LogP contribution >= 0.6 is 0 Å². The van der Waals surface area contributed by atoms with E-state index in [1.54, 1.807) is 31.4 Å².